The monoisotopic (exact) mass is 246 g/mol. The Labute approximate surface area is 105 Å². The Morgan fingerprint density at radius 1 is 1.39 bits per heavy atom. The number of anilines is 1. The summed E-state index contributed by atoms with van der Waals surface area (Å²) in [5.41, 5.74) is 7.63. The smallest absolute Gasteiger partial charge is 0.126 e. The van der Waals surface area contributed by atoms with Crippen molar-refractivity contribution in [3.8, 4) is 11.3 Å². The SMILES string of the molecule is Cc1ncc(NCCN)c(-c2cccc(F)c2)n1. The number of hydrogen-bond donors (Lipinski definition) is 2. The molecule has 0 radical (unpaired) electrons. The highest BCUT2D eigenvalue weighted by molar-refractivity contribution is 5.73. The van der Waals surface area contributed by atoms with Gasteiger partial charge >= 0.3 is 0 Å². The molecule has 0 aliphatic carbocycles. The van der Waals surface area contributed by atoms with E-state index in [0.717, 1.165) is 11.3 Å². The lowest BCUT2D eigenvalue weighted by atomic mass is 10.1. The molecule has 2 rings (SSSR count). The molecule has 4 nitrogen and oxygen atoms in total. The van der Waals surface area contributed by atoms with Crippen molar-refractivity contribution in [3.63, 3.8) is 0 Å². The van der Waals surface area contributed by atoms with E-state index in [1.807, 2.05) is 6.07 Å². The summed E-state index contributed by atoms with van der Waals surface area (Å²) in [6, 6.07) is 6.34. The Morgan fingerprint density at radius 3 is 2.94 bits per heavy atom. The number of aromatic nitrogens is 2. The van der Waals surface area contributed by atoms with Gasteiger partial charge in [0.25, 0.3) is 0 Å². The molecular formula is C13H15FN4. The molecule has 5 heteroatoms. The van der Waals surface area contributed by atoms with Gasteiger partial charge in [-0.2, -0.15) is 0 Å². The van der Waals surface area contributed by atoms with Gasteiger partial charge in [-0.15, -0.1) is 0 Å². The quantitative estimate of drug-likeness (QED) is 0.865. The highest BCUT2D eigenvalue weighted by Crippen LogP contribution is 2.25. The van der Waals surface area contributed by atoms with E-state index in [9.17, 15) is 4.39 Å². The summed E-state index contributed by atoms with van der Waals surface area (Å²) in [7, 11) is 0. The van der Waals surface area contributed by atoms with Crippen LogP contribution in [0, 0.1) is 12.7 Å². The number of benzene rings is 1. The third kappa shape index (κ3) is 2.81. The first-order chi connectivity index (χ1) is 8.70. The minimum absolute atomic E-state index is 0.284. The number of nitrogens with one attached hydrogen (secondary N) is 1. The average Bonchev–Trinajstić information content (AvgIpc) is 2.37. The van der Waals surface area contributed by atoms with E-state index in [-0.39, 0.29) is 5.82 Å². The molecule has 1 aromatic carbocycles. The molecule has 0 aliphatic rings. The summed E-state index contributed by atoms with van der Waals surface area (Å²) in [5, 5.41) is 3.14. The maximum absolute atomic E-state index is 13.3. The van der Waals surface area contributed by atoms with Crippen LogP contribution in [0.5, 0.6) is 0 Å². The van der Waals surface area contributed by atoms with Crippen molar-refractivity contribution in [2.45, 2.75) is 6.92 Å². The van der Waals surface area contributed by atoms with Gasteiger partial charge < -0.3 is 11.1 Å². The van der Waals surface area contributed by atoms with E-state index in [0.29, 0.717) is 24.6 Å². The van der Waals surface area contributed by atoms with E-state index >= 15 is 0 Å². The number of halogens is 1. The topological polar surface area (TPSA) is 63.8 Å². The van der Waals surface area contributed by atoms with Crippen LogP contribution in [0.4, 0.5) is 10.1 Å². The molecule has 0 bridgehead atoms. The third-order valence-corrected chi connectivity index (χ3v) is 2.47. The molecule has 0 atom stereocenters. The van der Waals surface area contributed by atoms with E-state index < -0.39 is 0 Å². The molecule has 2 aromatic rings. The fourth-order valence-corrected chi connectivity index (χ4v) is 1.66. The Balaban J connectivity index is 2.44. The molecule has 0 saturated carbocycles. The zero-order chi connectivity index (χ0) is 13.0. The van der Waals surface area contributed by atoms with Crippen molar-refractivity contribution >= 4 is 5.69 Å². The summed E-state index contributed by atoms with van der Waals surface area (Å²) in [6.07, 6.45) is 1.69. The molecule has 0 saturated heterocycles. The van der Waals surface area contributed by atoms with Gasteiger partial charge in [0, 0.05) is 18.7 Å². The first kappa shape index (κ1) is 12.4. The summed E-state index contributed by atoms with van der Waals surface area (Å²) >= 11 is 0. The summed E-state index contributed by atoms with van der Waals surface area (Å²) < 4.78 is 13.3. The standard InChI is InChI=1S/C13H15FN4/c1-9-17-8-12(16-6-5-15)13(18-9)10-3-2-4-11(14)7-10/h2-4,7-8,16H,5-6,15H2,1H3. The van der Waals surface area contributed by atoms with Crippen LogP contribution in [0.3, 0.4) is 0 Å². The van der Waals surface area contributed by atoms with E-state index in [2.05, 4.69) is 15.3 Å². The van der Waals surface area contributed by atoms with Gasteiger partial charge in [0.15, 0.2) is 0 Å². The summed E-state index contributed by atoms with van der Waals surface area (Å²) in [4.78, 5) is 8.49. The predicted octanol–water partition coefficient (Wildman–Crippen LogP) is 1.96. The number of hydrogen-bond acceptors (Lipinski definition) is 4. The molecule has 18 heavy (non-hydrogen) atoms. The first-order valence-electron chi connectivity index (χ1n) is 5.74. The Morgan fingerprint density at radius 2 is 2.22 bits per heavy atom. The number of nitrogens with zero attached hydrogens (tertiary/aromatic N) is 2. The van der Waals surface area contributed by atoms with Crippen LogP contribution in [0.25, 0.3) is 11.3 Å². The fourth-order valence-electron chi connectivity index (χ4n) is 1.66. The largest absolute Gasteiger partial charge is 0.381 e. The second-order valence-electron chi connectivity index (χ2n) is 3.91. The normalized spacial score (nSPS) is 10.4. The van der Waals surface area contributed by atoms with Crippen molar-refractivity contribution in [1.29, 1.82) is 0 Å². The average molecular weight is 246 g/mol. The fraction of sp³-hybridized carbons (Fsp3) is 0.231. The minimum Gasteiger partial charge on any atom is -0.381 e. The molecule has 1 aromatic heterocycles. The summed E-state index contributed by atoms with van der Waals surface area (Å²) in [5.74, 6) is 0.362. The van der Waals surface area contributed by atoms with Crippen LogP contribution in [0.1, 0.15) is 5.82 Å². The highest BCUT2D eigenvalue weighted by Gasteiger charge is 2.08. The van der Waals surface area contributed by atoms with Gasteiger partial charge in [-0.25, -0.2) is 14.4 Å². The molecule has 0 fully saturated rings. The van der Waals surface area contributed by atoms with Crippen molar-refractivity contribution in [2.24, 2.45) is 5.73 Å². The predicted molar refractivity (Wildman–Crippen MR) is 69.7 cm³/mol. The lowest BCUT2D eigenvalue weighted by Gasteiger charge is -2.11. The van der Waals surface area contributed by atoms with Gasteiger partial charge in [-0.1, -0.05) is 12.1 Å². The molecule has 94 valence electrons. The van der Waals surface area contributed by atoms with Crippen LogP contribution in [0.15, 0.2) is 30.5 Å². The highest BCUT2D eigenvalue weighted by atomic mass is 19.1. The zero-order valence-electron chi connectivity index (χ0n) is 10.2. The first-order valence-corrected chi connectivity index (χ1v) is 5.74. The van der Waals surface area contributed by atoms with Crippen molar-refractivity contribution in [1.82, 2.24) is 9.97 Å². The molecule has 3 N–H and O–H groups in total. The van der Waals surface area contributed by atoms with Gasteiger partial charge in [-0.05, 0) is 19.1 Å². The van der Waals surface area contributed by atoms with Gasteiger partial charge in [0.05, 0.1) is 17.6 Å². The molecule has 0 aliphatic heterocycles. The maximum Gasteiger partial charge on any atom is 0.126 e. The second-order valence-corrected chi connectivity index (χ2v) is 3.91. The lowest BCUT2D eigenvalue weighted by Crippen LogP contribution is -2.14. The molecular weight excluding hydrogens is 231 g/mol. The number of nitrogens with two attached hydrogens (primary N) is 1. The van der Waals surface area contributed by atoms with Gasteiger partial charge in [0.2, 0.25) is 0 Å². The van der Waals surface area contributed by atoms with E-state index in [4.69, 9.17) is 5.73 Å². The number of aryl methyl sites for hydroxylation is 1. The van der Waals surface area contributed by atoms with Gasteiger partial charge in [-0.3, -0.25) is 0 Å². The Hall–Kier alpha value is -2.01. The summed E-state index contributed by atoms with van der Waals surface area (Å²) in [6.45, 7) is 2.93. The van der Waals surface area contributed by atoms with Crippen molar-refractivity contribution < 1.29 is 4.39 Å². The second kappa shape index (κ2) is 5.55. The molecule has 0 unspecified atom stereocenters. The van der Waals surface area contributed by atoms with Crippen LogP contribution in [0.2, 0.25) is 0 Å². The van der Waals surface area contributed by atoms with Crippen LogP contribution in [-0.4, -0.2) is 23.1 Å². The minimum atomic E-state index is -0.284. The molecule has 0 spiro atoms. The van der Waals surface area contributed by atoms with Gasteiger partial charge in [0.1, 0.15) is 11.6 Å². The van der Waals surface area contributed by atoms with E-state index in [1.165, 1.54) is 12.1 Å². The van der Waals surface area contributed by atoms with Crippen LogP contribution >= 0.6 is 0 Å². The maximum atomic E-state index is 13.3. The molecule has 1 heterocycles. The van der Waals surface area contributed by atoms with Crippen LogP contribution in [-0.2, 0) is 0 Å². The van der Waals surface area contributed by atoms with Crippen LogP contribution < -0.4 is 11.1 Å². The van der Waals surface area contributed by atoms with E-state index in [1.54, 1.807) is 19.2 Å². The lowest BCUT2D eigenvalue weighted by molar-refractivity contribution is 0.628. The van der Waals surface area contributed by atoms with Crippen molar-refractivity contribution in [3.05, 3.63) is 42.1 Å². The Bertz CT molecular complexity index is 542. The molecule has 0 amide bonds. The van der Waals surface area contributed by atoms with Crippen molar-refractivity contribution in [2.75, 3.05) is 18.4 Å². The zero-order valence-corrected chi connectivity index (χ0v) is 10.2. The third-order valence-electron chi connectivity index (χ3n) is 2.47. The number of rotatable bonds is 4. The Kier molecular flexibility index (Phi) is 3.84.